The van der Waals surface area contributed by atoms with E-state index >= 15 is 0 Å². The number of fused-ring (bicyclic) bond motifs is 1. The molecule has 4 rings (SSSR count). The molecular weight excluding hydrogens is 315 g/mol. The Morgan fingerprint density at radius 1 is 1.08 bits per heavy atom. The molecule has 25 heavy (non-hydrogen) atoms. The summed E-state index contributed by atoms with van der Waals surface area (Å²) in [5.41, 5.74) is 2.63. The molecule has 2 aliphatic heterocycles. The molecule has 0 N–H and O–H groups in total. The number of aryl methyl sites for hydroxylation is 1. The Labute approximate surface area is 149 Å². The zero-order valence-corrected chi connectivity index (χ0v) is 15.8. The van der Waals surface area contributed by atoms with E-state index in [9.17, 15) is 0 Å². The van der Waals surface area contributed by atoms with Crippen molar-refractivity contribution in [1.82, 2.24) is 9.78 Å². The maximum Gasteiger partial charge on any atom is 0.494 e. The summed E-state index contributed by atoms with van der Waals surface area (Å²) in [6.45, 7) is 12.0. The van der Waals surface area contributed by atoms with Crippen molar-refractivity contribution in [2.45, 2.75) is 64.7 Å². The van der Waals surface area contributed by atoms with Crippen LogP contribution >= 0.6 is 0 Å². The molecule has 0 amide bonds. The monoisotopic (exact) mass is 342 g/mol. The third kappa shape index (κ3) is 2.80. The lowest BCUT2D eigenvalue weighted by molar-refractivity contribution is 0.00578. The fourth-order valence-corrected chi connectivity index (χ4v) is 3.65. The summed E-state index contributed by atoms with van der Waals surface area (Å²) in [5, 5.41) is 6.02. The average Bonchev–Trinajstić information content (AvgIpc) is 3.01. The molecule has 0 radical (unpaired) electrons. The Morgan fingerprint density at radius 3 is 2.36 bits per heavy atom. The predicted octanol–water partition coefficient (Wildman–Crippen LogP) is 3.00. The lowest BCUT2D eigenvalue weighted by Gasteiger charge is -2.32. The van der Waals surface area contributed by atoms with Crippen molar-refractivity contribution in [3.8, 4) is 0 Å². The van der Waals surface area contributed by atoms with Gasteiger partial charge in [0, 0.05) is 18.6 Å². The maximum atomic E-state index is 6.22. The third-order valence-corrected chi connectivity index (χ3v) is 5.98. The van der Waals surface area contributed by atoms with Gasteiger partial charge in [-0.05, 0) is 59.0 Å². The molecule has 0 saturated carbocycles. The maximum absolute atomic E-state index is 6.22. The molecule has 6 heteroatoms. The summed E-state index contributed by atoms with van der Waals surface area (Å²) < 4.78 is 20.1. The van der Waals surface area contributed by atoms with E-state index in [1.165, 1.54) is 5.39 Å². The van der Waals surface area contributed by atoms with Gasteiger partial charge in [0.1, 0.15) is 0 Å². The van der Waals surface area contributed by atoms with Gasteiger partial charge in [0.25, 0.3) is 0 Å². The standard InChI is InChI=1S/C19H27BN2O3/c1-13-16-7-6-14(20-24-18(2,3)19(4,5)25-20)12-17(16)22(21-13)15-8-10-23-11-9-15/h6-7,12,15H,8-11H2,1-5H3. The van der Waals surface area contributed by atoms with Crippen molar-refractivity contribution < 1.29 is 14.0 Å². The van der Waals surface area contributed by atoms with Crippen LogP contribution in [0.4, 0.5) is 0 Å². The first-order valence-corrected chi connectivity index (χ1v) is 9.21. The smallest absolute Gasteiger partial charge is 0.399 e. The zero-order valence-electron chi connectivity index (χ0n) is 15.8. The zero-order chi connectivity index (χ0) is 17.8. The van der Waals surface area contributed by atoms with Crippen molar-refractivity contribution >= 4 is 23.5 Å². The Balaban J connectivity index is 1.72. The first-order chi connectivity index (χ1) is 11.8. The second-order valence-corrected chi connectivity index (χ2v) is 8.24. The van der Waals surface area contributed by atoms with Crippen LogP contribution in [0.3, 0.4) is 0 Å². The number of hydrogen-bond donors (Lipinski definition) is 0. The molecule has 2 aliphatic rings. The van der Waals surface area contributed by atoms with Gasteiger partial charge in [-0.3, -0.25) is 4.68 Å². The van der Waals surface area contributed by atoms with Crippen LogP contribution in [0.25, 0.3) is 10.9 Å². The predicted molar refractivity (Wildman–Crippen MR) is 99.3 cm³/mol. The van der Waals surface area contributed by atoms with Gasteiger partial charge in [-0.25, -0.2) is 0 Å². The highest BCUT2D eigenvalue weighted by molar-refractivity contribution is 6.62. The van der Waals surface area contributed by atoms with Crippen LogP contribution in [-0.4, -0.2) is 41.3 Å². The molecule has 2 aromatic rings. The average molecular weight is 342 g/mol. The highest BCUT2D eigenvalue weighted by atomic mass is 16.7. The summed E-state index contributed by atoms with van der Waals surface area (Å²) in [6, 6.07) is 6.84. The quantitative estimate of drug-likeness (QED) is 0.787. The summed E-state index contributed by atoms with van der Waals surface area (Å²) in [5.74, 6) is 0. The van der Waals surface area contributed by atoms with Crippen molar-refractivity contribution in [2.75, 3.05) is 13.2 Å². The van der Waals surface area contributed by atoms with Crippen LogP contribution in [0.5, 0.6) is 0 Å². The van der Waals surface area contributed by atoms with Crippen LogP contribution < -0.4 is 5.46 Å². The summed E-state index contributed by atoms with van der Waals surface area (Å²) in [6.07, 6.45) is 2.02. The second-order valence-electron chi connectivity index (χ2n) is 8.24. The van der Waals surface area contributed by atoms with E-state index in [0.717, 1.165) is 42.7 Å². The molecule has 0 unspecified atom stereocenters. The van der Waals surface area contributed by atoms with Crippen LogP contribution in [0, 0.1) is 6.92 Å². The van der Waals surface area contributed by atoms with Crippen molar-refractivity contribution in [3.05, 3.63) is 23.9 Å². The molecule has 134 valence electrons. The van der Waals surface area contributed by atoms with Gasteiger partial charge in [0.2, 0.25) is 0 Å². The van der Waals surface area contributed by atoms with E-state index in [4.69, 9.17) is 19.1 Å². The van der Waals surface area contributed by atoms with E-state index in [0.29, 0.717) is 6.04 Å². The Kier molecular flexibility index (Phi) is 3.98. The number of benzene rings is 1. The molecule has 2 fully saturated rings. The highest BCUT2D eigenvalue weighted by Crippen LogP contribution is 2.37. The van der Waals surface area contributed by atoms with Gasteiger partial charge in [-0.1, -0.05) is 12.1 Å². The molecule has 0 bridgehead atoms. The molecule has 1 aromatic carbocycles. The minimum Gasteiger partial charge on any atom is -0.399 e. The van der Waals surface area contributed by atoms with Gasteiger partial charge in [0.15, 0.2) is 0 Å². The Morgan fingerprint density at radius 2 is 1.72 bits per heavy atom. The molecule has 3 heterocycles. The molecule has 0 aliphatic carbocycles. The van der Waals surface area contributed by atoms with Gasteiger partial charge >= 0.3 is 7.12 Å². The normalized spacial score (nSPS) is 23.5. The Bertz CT molecular complexity index is 777. The minimum atomic E-state index is -0.340. The van der Waals surface area contributed by atoms with Gasteiger partial charge < -0.3 is 14.0 Å². The van der Waals surface area contributed by atoms with Gasteiger partial charge in [-0.15, -0.1) is 0 Å². The van der Waals surface area contributed by atoms with E-state index in [1.54, 1.807) is 0 Å². The van der Waals surface area contributed by atoms with Gasteiger partial charge in [0.05, 0.1) is 28.5 Å². The largest absolute Gasteiger partial charge is 0.494 e. The number of aromatic nitrogens is 2. The molecule has 0 spiro atoms. The van der Waals surface area contributed by atoms with Crippen LogP contribution in [0.15, 0.2) is 18.2 Å². The number of ether oxygens (including phenoxy) is 1. The minimum absolute atomic E-state index is 0.330. The Hall–Kier alpha value is -1.37. The molecular formula is C19H27BN2O3. The van der Waals surface area contributed by atoms with Crippen LogP contribution in [-0.2, 0) is 14.0 Å². The van der Waals surface area contributed by atoms with E-state index < -0.39 is 0 Å². The SMILES string of the molecule is Cc1nn(C2CCOCC2)c2cc(B3OC(C)(C)C(C)(C)O3)ccc12. The molecule has 0 atom stereocenters. The summed E-state index contributed by atoms with van der Waals surface area (Å²) in [7, 11) is -0.340. The number of nitrogens with zero attached hydrogens (tertiary/aromatic N) is 2. The van der Waals surface area contributed by atoms with Crippen molar-refractivity contribution in [1.29, 1.82) is 0 Å². The molecule has 2 saturated heterocycles. The van der Waals surface area contributed by atoms with Crippen molar-refractivity contribution in [3.63, 3.8) is 0 Å². The second kappa shape index (κ2) is 5.83. The number of hydrogen-bond acceptors (Lipinski definition) is 4. The van der Waals surface area contributed by atoms with Crippen LogP contribution in [0.2, 0.25) is 0 Å². The van der Waals surface area contributed by atoms with Crippen LogP contribution in [0.1, 0.15) is 52.3 Å². The van der Waals surface area contributed by atoms with E-state index in [1.807, 2.05) is 0 Å². The summed E-state index contributed by atoms with van der Waals surface area (Å²) >= 11 is 0. The molecule has 1 aromatic heterocycles. The van der Waals surface area contributed by atoms with E-state index in [-0.39, 0.29) is 18.3 Å². The summed E-state index contributed by atoms with van der Waals surface area (Å²) in [4.78, 5) is 0. The van der Waals surface area contributed by atoms with E-state index in [2.05, 4.69) is 57.5 Å². The van der Waals surface area contributed by atoms with Crippen molar-refractivity contribution in [2.24, 2.45) is 0 Å². The lowest BCUT2D eigenvalue weighted by atomic mass is 9.78. The van der Waals surface area contributed by atoms with Gasteiger partial charge in [-0.2, -0.15) is 5.10 Å². The fourth-order valence-electron chi connectivity index (χ4n) is 3.65. The lowest BCUT2D eigenvalue weighted by Crippen LogP contribution is -2.41. The first kappa shape index (κ1) is 17.1. The first-order valence-electron chi connectivity index (χ1n) is 9.21. The molecule has 5 nitrogen and oxygen atoms in total. The third-order valence-electron chi connectivity index (χ3n) is 5.98. The number of rotatable bonds is 2. The highest BCUT2D eigenvalue weighted by Gasteiger charge is 2.51. The topological polar surface area (TPSA) is 45.5 Å². The fraction of sp³-hybridized carbons (Fsp3) is 0.632.